The van der Waals surface area contributed by atoms with Gasteiger partial charge < -0.3 is 109 Å². The first-order chi connectivity index (χ1) is 36.5. The number of rotatable bonds is 13. The van der Waals surface area contributed by atoms with Crippen LogP contribution in [0, 0.1) is 44.8 Å². The van der Waals surface area contributed by atoms with Crippen LogP contribution in [0.5, 0.6) is 0 Å². The van der Waals surface area contributed by atoms with Crippen LogP contribution in [-0.2, 0) is 52.2 Å². The Hall–Kier alpha value is -1.96. The van der Waals surface area contributed by atoms with Crippen molar-refractivity contribution < 1.29 is 119 Å². The molecule has 13 N–H and O–H groups in total. The topological polar surface area (TPSA) is 380 Å². The van der Waals surface area contributed by atoms with E-state index in [1.165, 1.54) is 12.7 Å². The van der Waals surface area contributed by atoms with E-state index < -0.39 is 171 Å². The number of ketones is 1. The van der Waals surface area contributed by atoms with Gasteiger partial charge in [0.2, 0.25) is 0 Å². The van der Waals surface area contributed by atoms with E-state index in [0.29, 0.717) is 32.1 Å². The van der Waals surface area contributed by atoms with Crippen molar-refractivity contribution in [2.45, 2.75) is 241 Å². The van der Waals surface area contributed by atoms with Crippen LogP contribution in [0.25, 0.3) is 0 Å². The van der Waals surface area contributed by atoms with E-state index in [2.05, 4.69) is 54.5 Å². The van der Waals surface area contributed by atoms with Crippen molar-refractivity contribution in [1.29, 1.82) is 0 Å². The Balaban J connectivity index is 1.05. The Bertz CT molecular complexity index is 2200. The summed E-state index contributed by atoms with van der Waals surface area (Å²) in [5.41, 5.74) is -2.17. The lowest BCUT2D eigenvalue weighted by molar-refractivity contribution is -0.407. The summed E-state index contributed by atoms with van der Waals surface area (Å²) in [7, 11) is 1.19. The minimum atomic E-state index is -2.25. The van der Waals surface area contributed by atoms with Crippen molar-refractivity contribution >= 4 is 11.8 Å². The first kappa shape index (κ1) is 60.6. The van der Waals surface area contributed by atoms with Crippen molar-refractivity contribution in [3.05, 3.63) is 11.6 Å². The number of carbonyl (C=O) groups is 2. The van der Waals surface area contributed by atoms with E-state index >= 15 is 0 Å². The number of carbonyl (C=O) groups excluding carboxylic acids is 1. The number of aliphatic carboxylic acids is 1. The summed E-state index contributed by atoms with van der Waals surface area (Å²) >= 11 is 0. The molecule has 8 fully saturated rings. The molecule has 28 atom stereocenters. The maximum atomic E-state index is 14.3. The monoisotopic (exact) mass is 1120 g/mol. The Labute approximate surface area is 453 Å². The van der Waals surface area contributed by atoms with Gasteiger partial charge in [-0.15, -0.1) is 0 Å². The summed E-state index contributed by atoms with van der Waals surface area (Å²) < 4.78 is 54.6. The number of fused-ring (bicyclic) bond motifs is 7. The number of allylic oxidation sites excluding steroid dienone is 1. The molecule has 446 valence electrons. The smallest absolute Gasteiger partial charge is 0.335 e. The molecule has 4 saturated carbocycles. The highest BCUT2D eigenvalue weighted by atomic mass is 16.8. The zero-order chi connectivity index (χ0) is 57.1. The van der Waals surface area contributed by atoms with Gasteiger partial charge >= 0.3 is 5.97 Å². The molecule has 0 amide bonds. The van der Waals surface area contributed by atoms with Gasteiger partial charge in [-0.3, -0.25) is 4.79 Å². The van der Waals surface area contributed by atoms with Crippen LogP contribution in [0.4, 0.5) is 0 Å². The molecule has 2 unspecified atom stereocenters. The largest absolute Gasteiger partial charge is 0.479 e. The number of Topliss-reactive ketones (excluding diaryl/α,β-unsaturated/α-hetero) is 1. The highest BCUT2D eigenvalue weighted by Crippen LogP contribution is 2.74. The number of carboxylic acid groups (broad SMARTS) is 1. The van der Waals surface area contributed by atoms with Gasteiger partial charge in [0.25, 0.3) is 0 Å². The molecule has 4 aliphatic heterocycles. The quantitative estimate of drug-likeness (QED) is 0.0709. The highest BCUT2D eigenvalue weighted by Gasteiger charge is 2.71. The van der Waals surface area contributed by atoms with E-state index in [1.54, 1.807) is 0 Å². The molecular weight excluding hydrogens is 1030 g/mol. The molecule has 24 heteroatoms. The predicted molar refractivity (Wildman–Crippen MR) is 264 cm³/mol. The van der Waals surface area contributed by atoms with E-state index in [1.807, 2.05) is 0 Å². The third-order valence-corrected chi connectivity index (χ3v) is 21.0. The summed E-state index contributed by atoms with van der Waals surface area (Å²) in [4.78, 5) is 27.5. The maximum absolute atomic E-state index is 14.3. The molecule has 24 nitrogen and oxygen atoms in total. The molecule has 5 aliphatic carbocycles. The normalized spacial score (nSPS) is 53.0. The van der Waals surface area contributed by atoms with Crippen LogP contribution in [0.15, 0.2) is 11.6 Å². The minimum absolute atomic E-state index is 0.0434. The molecule has 0 spiro atoms. The SMILES string of the molecule is CO[C@@H]1C(O)[C@H](O[C@H]2[C@H](O[C@H]3CC[C@]4(C)[C@H]5CC=C6[C@@H]7CC(C)(C)CC[C@]7(O)C(=O)C[C@@]6(C)[C@]5(C)CC[C@H]4C3(C)C)O[C@H](C(=O)O)[C@@H](O)[C@@H]2O[C@@H]2O[C@H](CO)[C@H](O)[C@H](O)[C@H]2O[C@@H]2O[C@H](CO)[C@@H](O)[C@H](O)[C@H]2O)O[C@H](CO)C1O. The summed E-state index contributed by atoms with van der Waals surface area (Å²) in [6.45, 7) is 12.8. The van der Waals surface area contributed by atoms with Crippen molar-refractivity contribution in [2.24, 2.45) is 44.8 Å². The molecule has 4 saturated heterocycles. The van der Waals surface area contributed by atoms with E-state index in [-0.39, 0.29) is 46.2 Å². The molecule has 0 radical (unpaired) electrons. The number of hydrogen-bond acceptors (Lipinski definition) is 23. The van der Waals surface area contributed by atoms with Gasteiger partial charge in [0.15, 0.2) is 37.0 Å². The number of ether oxygens (including phenoxy) is 9. The molecule has 9 rings (SSSR count). The lowest BCUT2D eigenvalue weighted by Crippen LogP contribution is -2.69. The molecule has 0 bridgehead atoms. The molecule has 78 heavy (non-hydrogen) atoms. The van der Waals surface area contributed by atoms with Crippen molar-refractivity contribution in [1.82, 2.24) is 0 Å². The van der Waals surface area contributed by atoms with Gasteiger partial charge in [0.1, 0.15) is 97.2 Å². The Kier molecular flexibility index (Phi) is 17.0. The summed E-state index contributed by atoms with van der Waals surface area (Å²) in [5, 5.41) is 143. The molecule has 0 aromatic carbocycles. The first-order valence-electron chi connectivity index (χ1n) is 27.7. The number of aliphatic hydroxyl groups is 12. The fraction of sp³-hybridized carbons (Fsp3) is 0.926. The molecule has 4 heterocycles. The standard InChI is InChI=1S/C54H86O24/c1-49(2)15-16-54(69)23(17-49)22-9-10-28-51(5)13-12-30(50(3,4)27(51)11-14-52(28,6)53(22,7)18-29(54)58)74-48-43(78-46-38(66)39(70-8)33(61)26(21-57)72-46)40(37(65)41(76-48)44(67)68)75-47-42(35(63)32(60)25(20-56)73-47)77-45-36(64)34(62)31(59)24(19-55)71-45/h9,23-28,30-43,45-48,55-57,59-66,69H,10-21H2,1-8H3,(H,67,68)/t23-,24+,25+,26+,27-,28+,30-,31+,32-,33?,34-,35-,36+,37-,38?,39-,40-,41-,42+,43+,45-,46-,47-,48+,51-,52+,53+,54+/m0/s1. The minimum Gasteiger partial charge on any atom is -0.479 e. The second kappa shape index (κ2) is 21.9. The Morgan fingerprint density at radius 3 is 1.78 bits per heavy atom. The number of carboxylic acids is 1. The fourth-order valence-corrected chi connectivity index (χ4v) is 16.3. The van der Waals surface area contributed by atoms with E-state index in [4.69, 9.17) is 42.6 Å². The van der Waals surface area contributed by atoms with Crippen LogP contribution in [0.1, 0.15) is 106 Å². The van der Waals surface area contributed by atoms with Crippen LogP contribution in [-0.4, -0.2) is 240 Å². The predicted octanol–water partition coefficient (Wildman–Crippen LogP) is -1.88. The third-order valence-electron chi connectivity index (χ3n) is 21.0. The average Bonchev–Trinajstić information content (AvgIpc) is 3.41. The zero-order valence-corrected chi connectivity index (χ0v) is 45.7. The van der Waals surface area contributed by atoms with Crippen LogP contribution in [0.2, 0.25) is 0 Å². The Morgan fingerprint density at radius 2 is 1.17 bits per heavy atom. The Morgan fingerprint density at radius 1 is 0.603 bits per heavy atom. The summed E-state index contributed by atoms with van der Waals surface area (Å²) in [6.07, 6.45) is -30.4. The number of hydrogen-bond donors (Lipinski definition) is 13. The van der Waals surface area contributed by atoms with Crippen molar-refractivity contribution in [3.63, 3.8) is 0 Å². The van der Waals surface area contributed by atoms with E-state index in [9.17, 15) is 76.0 Å². The van der Waals surface area contributed by atoms with Gasteiger partial charge in [-0.25, -0.2) is 4.79 Å². The molecule has 0 aromatic rings. The molecule has 9 aliphatic rings. The van der Waals surface area contributed by atoms with Gasteiger partial charge in [-0.2, -0.15) is 0 Å². The fourth-order valence-electron chi connectivity index (χ4n) is 16.3. The molecular formula is C54H86O24. The van der Waals surface area contributed by atoms with Gasteiger partial charge in [0, 0.05) is 24.9 Å². The van der Waals surface area contributed by atoms with Gasteiger partial charge in [-0.1, -0.05) is 60.1 Å². The second-order valence-electron chi connectivity index (χ2n) is 26.1. The third kappa shape index (κ3) is 9.77. The lowest BCUT2D eigenvalue weighted by atomic mass is 9.34. The first-order valence-corrected chi connectivity index (χ1v) is 27.7. The van der Waals surface area contributed by atoms with E-state index in [0.717, 1.165) is 19.3 Å². The average molecular weight is 1120 g/mol. The number of methoxy groups -OCH3 is 1. The van der Waals surface area contributed by atoms with Gasteiger partial charge in [-0.05, 0) is 84.9 Å². The maximum Gasteiger partial charge on any atom is 0.335 e. The lowest BCUT2D eigenvalue weighted by Gasteiger charge is -2.71. The summed E-state index contributed by atoms with van der Waals surface area (Å²) in [5.74, 6) is -2.01. The highest BCUT2D eigenvalue weighted by molar-refractivity contribution is 5.91. The van der Waals surface area contributed by atoms with Crippen LogP contribution in [0.3, 0.4) is 0 Å². The summed E-state index contributed by atoms with van der Waals surface area (Å²) in [6, 6.07) is 0. The molecule has 0 aromatic heterocycles. The number of aliphatic hydroxyl groups excluding tert-OH is 11. The van der Waals surface area contributed by atoms with Crippen LogP contribution < -0.4 is 0 Å². The zero-order valence-electron chi connectivity index (χ0n) is 45.7. The van der Waals surface area contributed by atoms with Crippen LogP contribution >= 0.6 is 0 Å². The van der Waals surface area contributed by atoms with Gasteiger partial charge in [0.05, 0.1) is 25.9 Å². The van der Waals surface area contributed by atoms with Crippen molar-refractivity contribution in [3.8, 4) is 0 Å². The second-order valence-corrected chi connectivity index (χ2v) is 26.1. The van der Waals surface area contributed by atoms with Crippen molar-refractivity contribution in [2.75, 3.05) is 26.9 Å².